The van der Waals surface area contributed by atoms with E-state index in [0.717, 1.165) is 25.8 Å². The highest BCUT2D eigenvalue weighted by Crippen LogP contribution is 2.37. The molecule has 3 nitrogen and oxygen atoms in total. The molecule has 0 amide bonds. The van der Waals surface area contributed by atoms with E-state index < -0.39 is 17.2 Å². The van der Waals surface area contributed by atoms with Gasteiger partial charge in [0.1, 0.15) is 0 Å². The largest absolute Gasteiger partial charge is 0.381 e. The summed E-state index contributed by atoms with van der Waals surface area (Å²) in [6.07, 6.45) is 2.41. The van der Waals surface area contributed by atoms with Crippen molar-refractivity contribution in [2.45, 2.75) is 37.8 Å². The highest BCUT2D eigenvalue weighted by molar-refractivity contribution is 5.25. The van der Waals surface area contributed by atoms with E-state index >= 15 is 0 Å². The van der Waals surface area contributed by atoms with E-state index in [1.165, 1.54) is 12.1 Å². The van der Waals surface area contributed by atoms with Crippen molar-refractivity contribution in [3.05, 3.63) is 35.4 Å². The number of methoxy groups -OCH3 is 1. The van der Waals surface area contributed by atoms with Gasteiger partial charge >= 0.3 is 0 Å². The molecule has 0 bridgehead atoms. The zero-order chi connectivity index (χ0) is 15.3. The van der Waals surface area contributed by atoms with Crippen LogP contribution in [0.5, 0.6) is 0 Å². The smallest absolute Gasteiger partial charge is 0.159 e. The standard InChI is InChI=1S/C16H23F2NO2/c1-3-8-19-15(12-4-5-13(17)14(18)11-12)16(20-2)6-9-21-10-7-16/h4-5,11,15,19H,3,6-10H2,1-2H3. The second-order valence-corrected chi connectivity index (χ2v) is 5.44. The van der Waals surface area contributed by atoms with Crippen molar-refractivity contribution in [1.82, 2.24) is 5.32 Å². The molecule has 1 aromatic rings. The zero-order valence-electron chi connectivity index (χ0n) is 12.6. The van der Waals surface area contributed by atoms with Crippen molar-refractivity contribution in [2.75, 3.05) is 26.9 Å². The van der Waals surface area contributed by atoms with Gasteiger partial charge in [-0.1, -0.05) is 13.0 Å². The monoisotopic (exact) mass is 299 g/mol. The molecule has 0 radical (unpaired) electrons. The second-order valence-electron chi connectivity index (χ2n) is 5.44. The first kappa shape index (κ1) is 16.3. The van der Waals surface area contributed by atoms with Crippen molar-refractivity contribution in [3.63, 3.8) is 0 Å². The van der Waals surface area contributed by atoms with Gasteiger partial charge in [0.25, 0.3) is 0 Å². The fraction of sp³-hybridized carbons (Fsp3) is 0.625. The van der Waals surface area contributed by atoms with Crippen molar-refractivity contribution in [1.29, 1.82) is 0 Å². The molecule has 1 aliphatic rings. The lowest BCUT2D eigenvalue weighted by Crippen LogP contribution is -2.49. The molecule has 1 unspecified atom stereocenters. The van der Waals surface area contributed by atoms with E-state index in [9.17, 15) is 8.78 Å². The Kier molecular flexibility index (Phi) is 5.67. The van der Waals surface area contributed by atoms with Crippen molar-refractivity contribution in [2.24, 2.45) is 0 Å². The molecule has 1 N–H and O–H groups in total. The first-order chi connectivity index (χ1) is 10.1. The van der Waals surface area contributed by atoms with Gasteiger partial charge in [0.05, 0.1) is 11.6 Å². The highest BCUT2D eigenvalue weighted by Gasteiger charge is 2.41. The van der Waals surface area contributed by atoms with Crippen LogP contribution in [-0.4, -0.2) is 32.5 Å². The van der Waals surface area contributed by atoms with Gasteiger partial charge in [0.15, 0.2) is 11.6 Å². The molecular weight excluding hydrogens is 276 g/mol. The van der Waals surface area contributed by atoms with Gasteiger partial charge in [-0.05, 0) is 30.7 Å². The summed E-state index contributed by atoms with van der Waals surface area (Å²) in [5, 5.41) is 3.42. The van der Waals surface area contributed by atoms with Gasteiger partial charge in [0, 0.05) is 33.2 Å². The van der Waals surface area contributed by atoms with Crippen molar-refractivity contribution < 1.29 is 18.3 Å². The summed E-state index contributed by atoms with van der Waals surface area (Å²) in [5.74, 6) is -1.65. The molecule has 5 heteroatoms. The molecule has 1 aromatic carbocycles. The van der Waals surface area contributed by atoms with E-state index in [1.54, 1.807) is 13.2 Å². The molecule has 118 valence electrons. The van der Waals surface area contributed by atoms with Crippen LogP contribution < -0.4 is 5.32 Å². The summed E-state index contributed by atoms with van der Waals surface area (Å²) in [6, 6.07) is 3.89. The van der Waals surface area contributed by atoms with E-state index in [0.29, 0.717) is 18.8 Å². The minimum Gasteiger partial charge on any atom is -0.381 e. The van der Waals surface area contributed by atoms with Crippen molar-refractivity contribution in [3.8, 4) is 0 Å². The first-order valence-corrected chi connectivity index (χ1v) is 7.44. The Morgan fingerprint density at radius 2 is 2.00 bits per heavy atom. The minimum atomic E-state index is -0.827. The maximum absolute atomic E-state index is 13.6. The summed E-state index contributed by atoms with van der Waals surface area (Å²) in [5.41, 5.74) is 0.267. The normalized spacial score (nSPS) is 19.4. The molecular formula is C16H23F2NO2. The Bertz CT molecular complexity index is 462. The molecule has 1 atom stereocenters. The lowest BCUT2D eigenvalue weighted by atomic mass is 9.82. The molecule has 1 saturated heterocycles. The third-order valence-corrected chi connectivity index (χ3v) is 4.15. The second kappa shape index (κ2) is 7.29. The summed E-state index contributed by atoms with van der Waals surface area (Å²) in [6.45, 7) is 4.08. The minimum absolute atomic E-state index is 0.179. The van der Waals surface area contributed by atoms with Gasteiger partial charge in [-0.15, -0.1) is 0 Å². The SMILES string of the molecule is CCCNC(c1ccc(F)c(F)c1)C1(OC)CCOCC1. The first-order valence-electron chi connectivity index (χ1n) is 7.44. The Balaban J connectivity index is 2.33. The average Bonchev–Trinajstić information content (AvgIpc) is 2.52. The molecule has 0 spiro atoms. The van der Waals surface area contributed by atoms with Crippen molar-refractivity contribution >= 4 is 0 Å². The molecule has 0 aliphatic carbocycles. The molecule has 1 fully saturated rings. The topological polar surface area (TPSA) is 30.5 Å². The molecule has 1 aliphatic heterocycles. The van der Waals surface area contributed by atoms with E-state index in [1.807, 2.05) is 0 Å². The van der Waals surface area contributed by atoms with Crippen LogP contribution in [0.2, 0.25) is 0 Å². The van der Waals surface area contributed by atoms with Crippen LogP contribution in [0.25, 0.3) is 0 Å². The van der Waals surface area contributed by atoms with Gasteiger partial charge in [0.2, 0.25) is 0 Å². The van der Waals surface area contributed by atoms with Gasteiger partial charge < -0.3 is 14.8 Å². The predicted octanol–water partition coefficient (Wildman–Crippen LogP) is 3.20. The maximum Gasteiger partial charge on any atom is 0.159 e. The number of halogens is 2. The average molecular weight is 299 g/mol. The number of nitrogens with one attached hydrogen (secondary N) is 1. The molecule has 2 rings (SSSR count). The number of rotatable bonds is 6. The summed E-state index contributed by atoms with van der Waals surface area (Å²) >= 11 is 0. The van der Waals surface area contributed by atoms with Gasteiger partial charge in [-0.25, -0.2) is 8.78 Å². The fourth-order valence-electron chi connectivity index (χ4n) is 2.92. The molecule has 0 aromatic heterocycles. The Morgan fingerprint density at radius 1 is 1.29 bits per heavy atom. The quantitative estimate of drug-likeness (QED) is 0.875. The van der Waals surface area contributed by atoms with Gasteiger partial charge in [-0.2, -0.15) is 0 Å². The van der Waals surface area contributed by atoms with Crippen LogP contribution >= 0.6 is 0 Å². The highest BCUT2D eigenvalue weighted by atomic mass is 19.2. The van der Waals surface area contributed by atoms with Crippen LogP contribution in [0.15, 0.2) is 18.2 Å². The lowest BCUT2D eigenvalue weighted by Gasteiger charge is -2.43. The summed E-state index contributed by atoms with van der Waals surface area (Å²) in [7, 11) is 1.67. The van der Waals surface area contributed by atoms with Crippen LogP contribution in [0.1, 0.15) is 37.8 Å². The predicted molar refractivity (Wildman–Crippen MR) is 77.2 cm³/mol. The van der Waals surface area contributed by atoms with E-state index in [-0.39, 0.29) is 6.04 Å². The number of ether oxygens (including phenoxy) is 2. The Morgan fingerprint density at radius 3 is 2.57 bits per heavy atom. The lowest BCUT2D eigenvalue weighted by molar-refractivity contribution is -0.111. The summed E-state index contributed by atoms with van der Waals surface area (Å²) < 4.78 is 38.0. The third kappa shape index (κ3) is 3.59. The zero-order valence-corrected chi connectivity index (χ0v) is 12.6. The van der Waals surface area contributed by atoms with Crippen LogP contribution in [0.4, 0.5) is 8.78 Å². The molecule has 21 heavy (non-hydrogen) atoms. The van der Waals surface area contributed by atoms with E-state index in [4.69, 9.17) is 9.47 Å². The third-order valence-electron chi connectivity index (χ3n) is 4.15. The van der Waals surface area contributed by atoms with E-state index in [2.05, 4.69) is 12.2 Å². The number of benzene rings is 1. The Hall–Kier alpha value is -1.04. The van der Waals surface area contributed by atoms with Crippen LogP contribution in [0, 0.1) is 11.6 Å². The van der Waals surface area contributed by atoms with Crippen LogP contribution in [-0.2, 0) is 9.47 Å². The number of hydrogen-bond acceptors (Lipinski definition) is 3. The fourth-order valence-corrected chi connectivity index (χ4v) is 2.92. The van der Waals surface area contributed by atoms with Gasteiger partial charge in [-0.3, -0.25) is 0 Å². The van der Waals surface area contributed by atoms with Crippen LogP contribution in [0.3, 0.4) is 0 Å². The Labute approximate surface area is 124 Å². The number of hydrogen-bond donors (Lipinski definition) is 1. The molecule has 0 saturated carbocycles. The molecule has 1 heterocycles. The summed E-state index contributed by atoms with van der Waals surface area (Å²) in [4.78, 5) is 0. The maximum atomic E-state index is 13.6.